The van der Waals surface area contributed by atoms with Crippen molar-refractivity contribution in [3.63, 3.8) is 0 Å². The molecule has 2 saturated heterocycles. The first-order chi connectivity index (χ1) is 13.2. The van der Waals surface area contributed by atoms with Crippen molar-refractivity contribution >= 4 is 23.5 Å². The Bertz CT molecular complexity index is 353. The van der Waals surface area contributed by atoms with E-state index >= 15 is 0 Å². The normalized spacial score (nSPS) is 24.0. The van der Waals surface area contributed by atoms with Gasteiger partial charge < -0.3 is 14.6 Å². The maximum atomic E-state index is 9.86. The smallest absolute Gasteiger partial charge is 0.157 e. The predicted octanol–water partition coefficient (Wildman–Crippen LogP) is 6.38. The first kappa shape index (κ1) is 23.9. The molecule has 0 aliphatic carbocycles. The number of rotatable bonds is 14. The average Bonchev–Trinajstić information content (AvgIpc) is 2.67. The van der Waals surface area contributed by atoms with Crippen LogP contribution in [0.1, 0.15) is 96.8 Å². The quantitative estimate of drug-likeness (QED) is 0.331. The van der Waals surface area contributed by atoms with E-state index in [0.29, 0.717) is 4.08 Å². The van der Waals surface area contributed by atoms with E-state index in [1.807, 2.05) is 6.92 Å². The second-order valence-corrected chi connectivity index (χ2v) is 11.5. The van der Waals surface area contributed by atoms with Crippen molar-refractivity contribution in [1.29, 1.82) is 0 Å². The summed E-state index contributed by atoms with van der Waals surface area (Å²) >= 11 is 4.22. The summed E-state index contributed by atoms with van der Waals surface area (Å²) in [5.74, 6) is 2.55. The molecule has 2 rings (SSSR count). The van der Waals surface area contributed by atoms with Gasteiger partial charge in [0.05, 0.1) is 10.2 Å². The van der Waals surface area contributed by atoms with E-state index in [0.717, 1.165) is 26.1 Å². The SMILES string of the molecule is CC(O)CC1(CCCCCCCCCCOC2CCCCO2)SCCCS1. The monoisotopic (exact) mass is 418 g/mol. The highest BCUT2D eigenvalue weighted by Crippen LogP contribution is 2.48. The summed E-state index contributed by atoms with van der Waals surface area (Å²) in [5.41, 5.74) is 0. The van der Waals surface area contributed by atoms with Crippen molar-refractivity contribution in [3.8, 4) is 0 Å². The van der Waals surface area contributed by atoms with E-state index in [4.69, 9.17) is 9.47 Å². The molecule has 3 nitrogen and oxygen atoms in total. The zero-order valence-corrected chi connectivity index (χ0v) is 19.1. The topological polar surface area (TPSA) is 38.7 Å². The van der Waals surface area contributed by atoms with Gasteiger partial charge in [0.15, 0.2) is 6.29 Å². The third-order valence-electron chi connectivity index (χ3n) is 5.52. The van der Waals surface area contributed by atoms with Gasteiger partial charge in [-0.05, 0) is 63.4 Å². The molecule has 27 heavy (non-hydrogen) atoms. The number of thioether (sulfide) groups is 2. The van der Waals surface area contributed by atoms with Gasteiger partial charge in [-0.2, -0.15) is 0 Å². The molecular formula is C22H42O3S2. The number of ether oxygens (including phenoxy) is 2. The fourth-order valence-corrected chi connectivity index (χ4v) is 7.68. The zero-order chi connectivity index (χ0) is 19.2. The van der Waals surface area contributed by atoms with Crippen molar-refractivity contribution in [1.82, 2.24) is 0 Å². The summed E-state index contributed by atoms with van der Waals surface area (Å²) in [4.78, 5) is 0. The molecule has 0 aromatic carbocycles. The molecular weight excluding hydrogens is 376 g/mol. The van der Waals surface area contributed by atoms with E-state index in [1.54, 1.807) is 0 Å². The van der Waals surface area contributed by atoms with Crippen molar-refractivity contribution in [2.75, 3.05) is 24.7 Å². The first-order valence-electron chi connectivity index (χ1n) is 11.4. The van der Waals surface area contributed by atoms with Gasteiger partial charge in [-0.25, -0.2) is 0 Å². The molecule has 0 aromatic heterocycles. The molecule has 2 fully saturated rings. The van der Waals surface area contributed by atoms with E-state index in [1.165, 1.54) is 88.6 Å². The highest BCUT2D eigenvalue weighted by atomic mass is 32.2. The minimum Gasteiger partial charge on any atom is -0.393 e. The van der Waals surface area contributed by atoms with Crippen LogP contribution in [0.4, 0.5) is 0 Å². The molecule has 2 atom stereocenters. The Morgan fingerprint density at radius 2 is 1.63 bits per heavy atom. The van der Waals surface area contributed by atoms with Gasteiger partial charge in [-0.1, -0.05) is 44.9 Å². The van der Waals surface area contributed by atoms with Crippen LogP contribution in [0.15, 0.2) is 0 Å². The Balaban J connectivity index is 1.39. The van der Waals surface area contributed by atoms with E-state index in [-0.39, 0.29) is 12.4 Å². The molecule has 0 radical (unpaired) electrons. The van der Waals surface area contributed by atoms with Crippen LogP contribution in [0.5, 0.6) is 0 Å². The number of aliphatic hydroxyl groups excluding tert-OH is 1. The molecule has 0 amide bonds. The fraction of sp³-hybridized carbons (Fsp3) is 1.00. The summed E-state index contributed by atoms with van der Waals surface area (Å²) in [7, 11) is 0. The van der Waals surface area contributed by atoms with Crippen LogP contribution in [0.2, 0.25) is 0 Å². The van der Waals surface area contributed by atoms with E-state index < -0.39 is 0 Å². The number of hydrogen-bond donors (Lipinski definition) is 1. The molecule has 2 unspecified atom stereocenters. The molecule has 0 spiro atoms. The number of unbranched alkanes of at least 4 members (excludes halogenated alkanes) is 7. The minimum absolute atomic E-state index is 0.0800. The van der Waals surface area contributed by atoms with Gasteiger partial charge in [0.1, 0.15) is 0 Å². The molecule has 2 aliphatic heterocycles. The Labute approximate surface area is 176 Å². The maximum Gasteiger partial charge on any atom is 0.157 e. The summed E-state index contributed by atoms with van der Waals surface area (Å²) in [6.07, 6.45) is 17.6. The van der Waals surface area contributed by atoms with Crippen molar-refractivity contribution in [2.24, 2.45) is 0 Å². The van der Waals surface area contributed by atoms with Crippen LogP contribution in [0.3, 0.4) is 0 Å². The molecule has 0 bridgehead atoms. The highest BCUT2D eigenvalue weighted by molar-refractivity contribution is 8.18. The molecule has 1 N–H and O–H groups in total. The third kappa shape index (κ3) is 10.8. The van der Waals surface area contributed by atoms with Gasteiger partial charge >= 0.3 is 0 Å². The number of hydrogen-bond acceptors (Lipinski definition) is 5. The fourth-order valence-electron chi connectivity index (χ4n) is 4.05. The lowest BCUT2D eigenvalue weighted by Crippen LogP contribution is -2.29. The van der Waals surface area contributed by atoms with Gasteiger partial charge in [-0.15, -0.1) is 23.5 Å². The molecule has 2 heterocycles. The number of aliphatic hydroxyl groups is 1. The lowest BCUT2D eigenvalue weighted by atomic mass is 10.0. The zero-order valence-electron chi connectivity index (χ0n) is 17.5. The Hall–Kier alpha value is 0.580. The van der Waals surface area contributed by atoms with Crippen LogP contribution in [0, 0.1) is 0 Å². The Morgan fingerprint density at radius 1 is 0.963 bits per heavy atom. The van der Waals surface area contributed by atoms with Crippen LogP contribution in [-0.4, -0.2) is 46.3 Å². The van der Waals surface area contributed by atoms with Crippen LogP contribution < -0.4 is 0 Å². The molecule has 5 heteroatoms. The third-order valence-corrected chi connectivity index (χ3v) is 9.01. The van der Waals surface area contributed by atoms with Gasteiger partial charge in [-0.3, -0.25) is 0 Å². The molecule has 160 valence electrons. The standard InChI is InChI=1S/C22H42O3S2/c1-20(23)19-22(26-17-12-18-27-22)14-9-6-4-2-3-5-7-10-15-24-21-13-8-11-16-25-21/h20-21,23H,2-19H2,1H3. The minimum atomic E-state index is -0.170. The molecule has 2 aliphatic rings. The maximum absolute atomic E-state index is 9.86. The molecule has 0 saturated carbocycles. The van der Waals surface area contributed by atoms with Crippen molar-refractivity contribution < 1.29 is 14.6 Å². The lowest BCUT2D eigenvalue weighted by molar-refractivity contribution is -0.162. The molecule has 0 aromatic rings. The summed E-state index contributed by atoms with van der Waals surface area (Å²) in [5, 5.41) is 9.86. The Kier molecular flexibility index (Phi) is 12.9. The van der Waals surface area contributed by atoms with E-state index in [2.05, 4.69) is 23.5 Å². The second kappa shape index (κ2) is 14.5. The van der Waals surface area contributed by atoms with Crippen molar-refractivity contribution in [3.05, 3.63) is 0 Å². The highest BCUT2D eigenvalue weighted by Gasteiger charge is 2.34. The average molecular weight is 419 g/mol. The van der Waals surface area contributed by atoms with Crippen LogP contribution in [0.25, 0.3) is 0 Å². The van der Waals surface area contributed by atoms with Gasteiger partial charge in [0.2, 0.25) is 0 Å². The lowest BCUT2D eigenvalue weighted by Gasteiger charge is -2.37. The van der Waals surface area contributed by atoms with Gasteiger partial charge in [0, 0.05) is 13.2 Å². The summed E-state index contributed by atoms with van der Waals surface area (Å²) < 4.78 is 11.7. The van der Waals surface area contributed by atoms with Crippen LogP contribution >= 0.6 is 23.5 Å². The van der Waals surface area contributed by atoms with Crippen LogP contribution in [-0.2, 0) is 9.47 Å². The van der Waals surface area contributed by atoms with E-state index in [9.17, 15) is 5.11 Å². The first-order valence-corrected chi connectivity index (χ1v) is 13.4. The second-order valence-electron chi connectivity index (χ2n) is 8.26. The largest absolute Gasteiger partial charge is 0.393 e. The summed E-state index contributed by atoms with van der Waals surface area (Å²) in [6, 6.07) is 0. The Morgan fingerprint density at radius 3 is 2.26 bits per heavy atom. The predicted molar refractivity (Wildman–Crippen MR) is 120 cm³/mol. The van der Waals surface area contributed by atoms with Crippen molar-refractivity contribution in [2.45, 2.75) is 113 Å². The summed E-state index contributed by atoms with van der Waals surface area (Å²) in [6.45, 7) is 3.69. The van der Waals surface area contributed by atoms with Gasteiger partial charge in [0.25, 0.3) is 0 Å².